The summed E-state index contributed by atoms with van der Waals surface area (Å²) in [5, 5.41) is 0. The van der Waals surface area contributed by atoms with Crippen LogP contribution in [0.1, 0.15) is 69.4 Å². The van der Waals surface area contributed by atoms with Crippen LogP contribution in [0.15, 0.2) is 54.6 Å². The summed E-state index contributed by atoms with van der Waals surface area (Å²) in [6.07, 6.45) is 2.82. The summed E-state index contributed by atoms with van der Waals surface area (Å²) in [4.78, 5) is 36.4. The molecule has 0 bridgehead atoms. The molecule has 3 aromatic carbocycles. The number of Topliss-reactive ketones (excluding diaryl/α,β-unsaturated/α-hetero) is 2. The smallest absolute Gasteiger partial charge is 0.338 e. The van der Waals surface area contributed by atoms with Gasteiger partial charge < -0.3 is 4.74 Å². The fourth-order valence-corrected chi connectivity index (χ4v) is 4.50. The predicted octanol–water partition coefficient (Wildman–Crippen LogP) is 6.09. The van der Waals surface area contributed by atoms with Crippen molar-refractivity contribution in [1.29, 1.82) is 0 Å². The van der Waals surface area contributed by atoms with Gasteiger partial charge in [-0.05, 0) is 79.5 Å². The van der Waals surface area contributed by atoms with Gasteiger partial charge in [-0.15, -0.1) is 0 Å². The molecule has 0 unspecified atom stereocenters. The van der Waals surface area contributed by atoms with Gasteiger partial charge in [-0.3, -0.25) is 9.59 Å². The lowest BCUT2D eigenvalue weighted by Gasteiger charge is -2.19. The Kier molecular flexibility index (Phi) is 6.04. The lowest BCUT2D eigenvalue weighted by Crippen LogP contribution is -2.10. The molecule has 0 amide bonds. The van der Waals surface area contributed by atoms with Crippen LogP contribution in [0.5, 0.6) is 0 Å². The van der Waals surface area contributed by atoms with Crippen molar-refractivity contribution in [2.45, 2.75) is 40.0 Å². The molecule has 0 heterocycles. The molecule has 0 saturated heterocycles. The zero-order valence-corrected chi connectivity index (χ0v) is 18.7. The van der Waals surface area contributed by atoms with E-state index in [0.29, 0.717) is 23.3 Å². The Morgan fingerprint density at radius 2 is 1.31 bits per heavy atom. The summed E-state index contributed by atoms with van der Waals surface area (Å²) >= 11 is 0. The first-order valence-electron chi connectivity index (χ1n) is 11.0. The van der Waals surface area contributed by atoms with Gasteiger partial charge in [0.2, 0.25) is 0 Å². The van der Waals surface area contributed by atoms with Crippen LogP contribution < -0.4 is 0 Å². The van der Waals surface area contributed by atoms with Crippen LogP contribution in [0.3, 0.4) is 0 Å². The summed E-state index contributed by atoms with van der Waals surface area (Å²) in [5.74, 6) is -0.315. The Morgan fingerprint density at radius 1 is 0.781 bits per heavy atom. The SMILES string of the molecule is CCOC(=O)c1cc(-c2ccc(C(C)=O)cc2)c2c(c1-c1ccc(C(C)=O)cc1)CCC2. The van der Waals surface area contributed by atoms with Gasteiger partial charge in [0, 0.05) is 11.1 Å². The highest BCUT2D eigenvalue weighted by Gasteiger charge is 2.27. The Hall–Kier alpha value is -3.53. The minimum Gasteiger partial charge on any atom is -0.462 e. The molecule has 0 saturated carbocycles. The van der Waals surface area contributed by atoms with Crippen molar-refractivity contribution in [2.75, 3.05) is 6.61 Å². The Balaban J connectivity index is 1.92. The van der Waals surface area contributed by atoms with Crippen LogP contribution in [0.4, 0.5) is 0 Å². The summed E-state index contributed by atoms with van der Waals surface area (Å²) < 4.78 is 5.42. The van der Waals surface area contributed by atoms with Crippen molar-refractivity contribution in [3.05, 3.63) is 82.4 Å². The number of ether oxygens (including phenoxy) is 1. The van der Waals surface area contributed by atoms with Gasteiger partial charge in [-0.1, -0.05) is 48.5 Å². The first kappa shape index (κ1) is 21.7. The van der Waals surface area contributed by atoms with Crippen molar-refractivity contribution in [3.63, 3.8) is 0 Å². The average Bonchev–Trinajstić information content (AvgIpc) is 3.28. The molecule has 4 rings (SSSR count). The monoisotopic (exact) mass is 426 g/mol. The fourth-order valence-electron chi connectivity index (χ4n) is 4.50. The first-order chi connectivity index (χ1) is 15.4. The molecule has 0 N–H and O–H groups in total. The molecule has 0 aromatic heterocycles. The summed E-state index contributed by atoms with van der Waals surface area (Å²) in [7, 11) is 0. The van der Waals surface area contributed by atoms with Gasteiger partial charge in [0.25, 0.3) is 0 Å². The molecule has 32 heavy (non-hydrogen) atoms. The highest BCUT2D eigenvalue weighted by Crippen LogP contribution is 2.41. The maximum absolute atomic E-state index is 13.0. The number of ketones is 2. The van der Waals surface area contributed by atoms with Crippen LogP contribution in [0, 0.1) is 0 Å². The summed E-state index contributed by atoms with van der Waals surface area (Å²) in [6.45, 7) is 5.19. The Morgan fingerprint density at radius 3 is 1.84 bits per heavy atom. The molecule has 1 aliphatic rings. The molecular formula is C28H26O4. The van der Waals surface area contributed by atoms with E-state index in [9.17, 15) is 14.4 Å². The first-order valence-corrected chi connectivity index (χ1v) is 11.0. The minimum atomic E-state index is -0.352. The molecule has 4 nitrogen and oxygen atoms in total. The van der Waals surface area contributed by atoms with Crippen LogP contribution in [-0.2, 0) is 17.6 Å². The summed E-state index contributed by atoms with van der Waals surface area (Å²) in [5.41, 5.74) is 8.05. The lowest BCUT2D eigenvalue weighted by molar-refractivity contribution is 0.0527. The second kappa shape index (κ2) is 8.91. The van der Waals surface area contributed by atoms with Gasteiger partial charge in [0.15, 0.2) is 11.6 Å². The van der Waals surface area contributed by atoms with Crippen molar-refractivity contribution < 1.29 is 19.1 Å². The predicted molar refractivity (Wildman–Crippen MR) is 125 cm³/mol. The number of fused-ring (bicyclic) bond motifs is 1. The minimum absolute atomic E-state index is 0.0109. The third kappa shape index (κ3) is 4.01. The largest absolute Gasteiger partial charge is 0.462 e. The molecule has 162 valence electrons. The topological polar surface area (TPSA) is 60.4 Å². The van der Waals surface area contributed by atoms with Crippen LogP contribution >= 0.6 is 0 Å². The summed E-state index contributed by atoms with van der Waals surface area (Å²) in [6, 6.07) is 16.9. The van der Waals surface area contributed by atoms with Crippen molar-refractivity contribution in [3.8, 4) is 22.3 Å². The van der Waals surface area contributed by atoms with Gasteiger partial charge in [0.05, 0.1) is 12.2 Å². The third-order valence-electron chi connectivity index (χ3n) is 6.08. The normalized spacial score (nSPS) is 12.3. The zero-order valence-electron chi connectivity index (χ0n) is 18.7. The number of hydrogen-bond acceptors (Lipinski definition) is 4. The standard InChI is InChI=1S/C28H26O4/c1-4-32-28(31)26-16-25(21-12-8-19(9-13-21)17(2)29)23-6-5-7-24(23)27(26)22-14-10-20(11-15-22)18(3)30/h8-16H,4-7H2,1-3H3. The Labute approximate surface area is 188 Å². The lowest BCUT2D eigenvalue weighted by atomic mass is 9.86. The van der Waals surface area contributed by atoms with Crippen molar-refractivity contribution >= 4 is 17.5 Å². The van der Waals surface area contributed by atoms with E-state index in [-0.39, 0.29) is 17.5 Å². The number of esters is 1. The highest BCUT2D eigenvalue weighted by atomic mass is 16.5. The number of carbonyl (C=O) groups excluding carboxylic acids is 3. The van der Waals surface area contributed by atoms with Crippen LogP contribution in [0.2, 0.25) is 0 Å². The van der Waals surface area contributed by atoms with E-state index in [0.717, 1.165) is 47.1 Å². The number of rotatable bonds is 6. The molecule has 0 aliphatic heterocycles. The molecule has 3 aromatic rings. The quantitative estimate of drug-likeness (QED) is 0.353. The number of hydrogen-bond donors (Lipinski definition) is 0. The van der Waals surface area contributed by atoms with Gasteiger partial charge >= 0.3 is 5.97 Å². The van der Waals surface area contributed by atoms with Crippen LogP contribution in [0.25, 0.3) is 22.3 Å². The highest BCUT2D eigenvalue weighted by molar-refractivity contribution is 6.02. The van der Waals surface area contributed by atoms with E-state index < -0.39 is 0 Å². The van der Waals surface area contributed by atoms with Crippen molar-refractivity contribution in [2.24, 2.45) is 0 Å². The zero-order chi connectivity index (χ0) is 22.8. The van der Waals surface area contributed by atoms with E-state index in [1.54, 1.807) is 20.8 Å². The molecule has 0 radical (unpaired) electrons. The third-order valence-corrected chi connectivity index (χ3v) is 6.08. The van der Waals surface area contributed by atoms with Crippen molar-refractivity contribution in [1.82, 2.24) is 0 Å². The van der Waals surface area contributed by atoms with E-state index >= 15 is 0 Å². The van der Waals surface area contributed by atoms with E-state index in [1.165, 1.54) is 5.56 Å². The molecule has 0 fully saturated rings. The molecule has 0 atom stereocenters. The second-order valence-corrected chi connectivity index (χ2v) is 8.14. The van der Waals surface area contributed by atoms with Crippen LogP contribution in [-0.4, -0.2) is 24.1 Å². The molecule has 4 heteroatoms. The maximum Gasteiger partial charge on any atom is 0.338 e. The second-order valence-electron chi connectivity index (χ2n) is 8.14. The number of benzene rings is 3. The number of carbonyl (C=O) groups is 3. The van der Waals surface area contributed by atoms with E-state index in [1.807, 2.05) is 54.6 Å². The molecule has 1 aliphatic carbocycles. The van der Waals surface area contributed by atoms with E-state index in [2.05, 4.69) is 0 Å². The fraction of sp³-hybridized carbons (Fsp3) is 0.250. The Bertz CT molecular complexity index is 1200. The maximum atomic E-state index is 13.0. The van der Waals surface area contributed by atoms with E-state index in [4.69, 9.17) is 4.74 Å². The molecular weight excluding hydrogens is 400 g/mol. The van der Waals surface area contributed by atoms with Gasteiger partial charge in [-0.25, -0.2) is 4.79 Å². The van der Waals surface area contributed by atoms with Gasteiger partial charge in [0.1, 0.15) is 0 Å². The van der Waals surface area contributed by atoms with Gasteiger partial charge in [-0.2, -0.15) is 0 Å². The average molecular weight is 427 g/mol. The molecule has 0 spiro atoms.